The highest BCUT2D eigenvalue weighted by Crippen LogP contribution is 2.23. The number of rotatable bonds is 8. The van der Waals surface area contributed by atoms with Crippen LogP contribution in [0.15, 0.2) is 84.5 Å². The van der Waals surface area contributed by atoms with Crippen molar-refractivity contribution < 1.29 is 14.4 Å². The van der Waals surface area contributed by atoms with E-state index in [-0.39, 0.29) is 36.2 Å². The molecule has 0 aromatic heterocycles. The van der Waals surface area contributed by atoms with E-state index in [0.29, 0.717) is 11.3 Å². The fourth-order valence-electron chi connectivity index (χ4n) is 3.31. The van der Waals surface area contributed by atoms with Gasteiger partial charge in [-0.1, -0.05) is 55.1 Å². The van der Waals surface area contributed by atoms with Crippen LogP contribution in [0, 0.1) is 0 Å². The first-order valence-electron chi connectivity index (χ1n) is 9.96. The molecule has 0 aliphatic heterocycles. The molecule has 0 bridgehead atoms. The maximum atomic E-state index is 13.2. The Bertz CT molecular complexity index is 1190. The largest absolute Gasteiger partial charge is 0.308 e. The van der Waals surface area contributed by atoms with Crippen molar-refractivity contribution in [3.63, 3.8) is 0 Å². The molecule has 156 valence electrons. The van der Waals surface area contributed by atoms with E-state index in [2.05, 4.69) is 11.6 Å². The molecule has 0 heterocycles. The summed E-state index contributed by atoms with van der Waals surface area (Å²) in [7, 11) is 0. The third-order valence-electron chi connectivity index (χ3n) is 5.02. The van der Waals surface area contributed by atoms with E-state index in [4.69, 9.17) is 0 Å². The van der Waals surface area contributed by atoms with E-state index >= 15 is 0 Å². The second kappa shape index (κ2) is 9.76. The fraction of sp³-hybridized carbons (Fsp3) is 0.154. The van der Waals surface area contributed by atoms with Crippen molar-refractivity contribution in [2.45, 2.75) is 26.8 Å². The Morgan fingerprint density at radius 2 is 1.68 bits per heavy atom. The van der Waals surface area contributed by atoms with Crippen molar-refractivity contribution in [2.75, 3.05) is 4.90 Å². The highest BCUT2D eigenvalue weighted by molar-refractivity contribution is 6.42. The van der Waals surface area contributed by atoms with E-state index in [1.807, 2.05) is 42.5 Å². The first kappa shape index (κ1) is 21.8. The van der Waals surface area contributed by atoms with Gasteiger partial charge in [0, 0.05) is 17.5 Å². The molecule has 3 rings (SSSR count). The van der Waals surface area contributed by atoms with Crippen LogP contribution in [-0.2, 0) is 16.1 Å². The number of carbonyl (C=O) groups is 3. The summed E-state index contributed by atoms with van der Waals surface area (Å²) < 4.78 is 0. The summed E-state index contributed by atoms with van der Waals surface area (Å²) in [6.07, 6.45) is 0.960. The lowest BCUT2D eigenvalue weighted by Gasteiger charge is -2.23. The van der Waals surface area contributed by atoms with E-state index in [9.17, 15) is 14.4 Å². The predicted octanol–water partition coefficient (Wildman–Crippen LogP) is 5.14. The molecular weight excluding hydrogens is 388 g/mol. The maximum absolute atomic E-state index is 13.2. The van der Waals surface area contributed by atoms with Crippen molar-refractivity contribution in [2.24, 2.45) is 4.99 Å². The molecule has 0 radical (unpaired) electrons. The molecular formula is C26H24N2O3. The van der Waals surface area contributed by atoms with Crippen LogP contribution < -0.4 is 4.90 Å². The second-order valence-electron chi connectivity index (χ2n) is 7.26. The number of ketones is 2. The first-order chi connectivity index (χ1) is 14.9. The van der Waals surface area contributed by atoms with Gasteiger partial charge in [0.1, 0.15) is 0 Å². The molecule has 0 aliphatic carbocycles. The van der Waals surface area contributed by atoms with E-state index in [1.165, 1.54) is 18.0 Å². The van der Waals surface area contributed by atoms with Crippen LogP contribution in [0.2, 0.25) is 0 Å². The summed E-state index contributed by atoms with van der Waals surface area (Å²) in [5.41, 5.74) is 2.22. The molecule has 3 aromatic rings. The zero-order chi connectivity index (χ0) is 22.4. The topological polar surface area (TPSA) is 66.8 Å². The number of nitrogens with zero attached hydrogens (tertiary/aromatic N) is 2. The Balaban J connectivity index is 1.96. The number of hydrogen-bond acceptors (Lipinski definition) is 4. The van der Waals surface area contributed by atoms with Gasteiger partial charge in [-0.15, -0.1) is 0 Å². The molecule has 5 heteroatoms. The third kappa shape index (κ3) is 5.39. The minimum Gasteiger partial charge on any atom is -0.308 e. The van der Waals surface area contributed by atoms with Crippen LogP contribution in [0.4, 0.5) is 5.69 Å². The van der Waals surface area contributed by atoms with Crippen LogP contribution in [0.3, 0.4) is 0 Å². The van der Waals surface area contributed by atoms with E-state index in [1.54, 1.807) is 31.2 Å². The number of aliphatic imine (C=N–C) groups is 1. The highest BCUT2D eigenvalue weighted by Gasteiger charge is 2.21. The number of hydrogen-bond donors (Lipinski definition) is 0. The Hall–Kier alpha value is -3.86. The van der Waals surface area contributed by atoms with E-state index < -0.39 is 0 Å². The summed E-state index contributed by atoms with van der Waals surface area (Å²) in [5.74, 6) is -0.821. The van der Waals surface area contributed by atoms with Crippen LogP contribution in [0.5, 0.6) is 0 Å². The SMILES string of the molecule is C=CN=C(C)C(=O)CC(=O)N(Cc1ccc2ccccc2c1)c1cccc(C(C)=O)c1. The fourth-order valence-corrected chi connectivity index (χ4v) is 3.31. The zero-order valence-corrected chi connectivity index (χ0v) is 17.7. The van der Waals surface area contributed by atoms with Gasteiger partial charge in [0.25, 0.3) is 0 Å². The van der Waals surface area contributed by atoms with Gasteiger partial charge in [0.05, 0.1) is 18.7 Å². The number of anilines is 1. The Morgan fingerprint density at radius 1 is 0.935 bits per heavy atom. The molecule has 0 saturated carbocycles. The Kier molecular flexibility index (Phi) is 6.88. The Labute approximate surface area is 181 Å². The number of amides is 1. The monoisotopic (exact) mass is 412 g/mol. The van der Waals surface area contributed by atoms with Gasteiger partial charge in [0.2, 0.25) is 5.91 Å². The highest BCUT2D eigenvalue weighted by atomic mass is 16.2. The molecule has 0 N–H and O–H groups in total. The molecule has 0 fully saturated rings. The van der Waals surface area contributed by atoms with Gasteiger partial charge in [-0.3, -0.25) is 19.4 Å². The standard InChI is InChI=1S/C26H24N2O3/c1-4-27-18(2)25(30)16-26(31)28(24-11-7-10-22(15-24)19(3)29)17-20-12-13-21-8-5-6-9-23(21)14-20/h4-15H,1,16-17H2,2-3H3. The van der Waals surface area contributed by atoms with Crippen LogP contribution in [-0.4, -0.2) is 23.2 Å². The number of benzene rings is 3. The van der Waals surface area contributed by atoms with Crippen molar-refractivity contribution in [1.29, 1.82) is 0 Å². The molecule has 0 saturated heterocycles. The summed E-state index contributed by atoms with van der Waals surface area (Å²) in [6, 6.07) is 20.9. The van der Waals surface area contributed by atoms with Crippen LogP contribution in [0.25, 0.3) is 10.8 Å². The lowest BCUT2D eigenvalue weighted by atomic mass is 10.1. The summed E-state index contributed by atoms with van der Waals surface area (Å²) in [5, 5.41) is 2.17. The average Bonchev–Trinajstić information content (AvgIpc) is 2.77. The molecule has 3 aromatic carbocycles. The maximum Gasteiger partial charge on any atom is 0.235 e. The smallest absolute Gasteiger partial charge is 0.235 e. The van der Waals surface area contributed by atoms with Crippen molar-refractivity contribution in [3.8, 4) is 0 Å². The first-order valence-corrected chi connectivity index (χ1v) is 9.96. The van der Waals surface area contributed by atoms with Gasteiger partial charge in [-0.2, -0.15) is 0 Å². The minimum atomic E-state index is -0.365. The minimum absolute atomic E-state index is 0.0926. The summed E-state index contributed by atoms with van der Waals surface area (Å²) in [6.45, 7) is 6.79. The quantitative estimate of drug-likeness (QED) is 0.292. The molecule has 5 nitrogen and oxygen atoms in total. The number of carbonyl (C=O) groups excluding carboxylic acids is 3. The molecule has 1 amide bonds. The Morgan fingerprint density at radius 3 is 2.39 bits per heavy atom. The van der Waals surface area contributed by atoms with Gasteiger partial charge in [-0.05, 0) is 48.4 Å². The normalized spacial score (nSPS) is 11.2. The van der Waals surface area contributed by atoms with Gasteiger partial charge >= 0.3 is 0 Å². The van der Waals surface area contributed by atoms with Gasteiger partial charge < -0.3 is 4.90 Å². The van der Waals surface area contributed by atoms with Crippen molar-refractivity contribution >= 4 is 39.6 Å². The summed E-state index contributed by atoms with van der Waals surface area (Å²) in [4.78, 5) is 42.8. The van der Waals surface area contributed by atoms with Gasteiger partial charge in [-0.25, -0.2) is 0 Å². The lowest BCUT2D eigenvalue weighted by Crippen LogP contribution is -2.33. The molecule has 31 heavy (non-hydrogen) atoms. The molecule has 0 spiro atoms. The third-order valence-corrected chi connectivity index (χ3v) is 5.02. The molecule has 0 aliphatic rings. The molecule has 0 unspecified atom stereocenters. The zero-order valence-electron chi connectivity index (χ0n) is 17.7. The van der Waals surface area contributed by atoms with Crippen LogP contribution >= 0.6 is 0 Å². The number of Topliss-reactive ketones (excluding diaryl/α,β-unsaturated/α-hetero) is 2. The predicted molar refractivity (Wildman–Crippen MR) is 125 cm³/mol. The summed E-state index contributed by atoms with van der Waals surface area (Å²) >= 11 is 0. The van der Waals surface area contributed by atoms with Crippen LogP contribution in [0.1, 0.15) is 36.2 Å². The van der Waals surface area contributed by atoms with Crippen molar-refractivity contribution in [3.05, 3.63) is 90.6 Å². The average molecular weight is 412 g/mol. The van der Waals surface area contributed by atoms with Gasteiger partial charge in [0.15, 0.2) is 11.6 Å². The van der Waals surface area contributed by atoms with E-state index in [0.717, 1.165) is 16.3 Å². The molecule has 0 atom stereocenters. The van der Waals surface area contributed by atoms with Crippen molar-refractivity contribution in [1.82, 2.24) is 0 Å². The second-order valence-corrected chi connectivity index (χ2v) is 7.26. The number of fused-ring (bicyclic) bond motifs is 1. The lowest BCUT2D eigenvalue weighted by molar-refractivity contribution is -0.123.